The SMILES string of the molecule is CC(C)(C)OC(=O)NCC[C@@H](NC(=O)CC#N)C(F)(F)F. The van der Waals surface area contributed by atoms with Gasteiger partial charge in [-0.2, -0.15) is 18.4 Å². The topological polar surface area (TPSA) is 91.2 Å². The van der Waals surface area contributed by atoms with Crippen LogP contribution in [0.15, 0.2) is 0 Å². The third-order valence-electron chi connectivity index (χ3n) is 2.07. The van der Waals surface area contributed by atoms with Crippen molar-refractivity contribution >= 4 is 12.0 Å². The molecule has 0 saturated carbocycles. The van der Waals surface area contributed by atoms with Gasteiger partial charge in [0.1, 0.15) is 18.1 Å². The van der Waals surface area contributed by atoms with E-state index in [1.807, 2.05) is 0 Å². The van der Waals surface area contributed by atoms with Gasteiger partial charge in [0, 0.05) is 6.54 Å². The normalized spacial score (nSPS) is 13.0. The summed E-state index contributed by atoms with van der Waals surface area (Å²) in [6, 6.07) is -0.676. The van der Waals surface area contributed by atoms with Crippen molar-refractivity contribution in [2.45, 2.75) is 51.4 Å². The van der Waals surface area contributed by atoms with Crippen molar-refractivity contribution in [1.29, 1.82) is 5.26 Å². The minimum atomic E-state index is -4.67. The highest BCUT2D eigenvalue weighted by Crippen LogP contribution is 2.22. The molecule has 2 amide bonds. The van der Waals surface area contributed by atoms with Crippen molar-refractivity contribution in [1.82, 2.24) is 10.6 Å². The van der Waals surface area contributed by atoms with E-state index in [1.54, 1.807) is 26.1 Å². The van der Waals surface area contributed by atoms with Gasteiger partial charge in [-0.3, -0.25) is 4.79 Å². The summed E-state index contributed by atoms with van der Waals surface area (Å²) >= 11 is 0. The first-order chi connectivity index (χ1) is 9.45. The zero-order chi connectivity index (χ0) is 16.7. The second-order valence-corrected chi connectivity index (χ2v) is 5.21. The van der Waals surface area contributed by atoms with Crippen LogP contribution in [0.2, 0.25) is 0 Å². The van der Waals surface area contributed by atoms with Crippen molar-refractivity contribution in [2.75, 3.05) is 6.54 Å². The first-order valence-electron chi connectivity index (χ1n) is 6.15. The summed E-state index contributed by atoms with van der Waals surface area (Å²) in [4.78, 5) is 22.3. The molecule has 0 aromatic carbocycles. The summed E-state index contributed by atoms with van der Waals surface area (Å²) in [5, 5.41) is 12.1. The summed E-state index contributed by atoms with van der Waals surface area (Å²) in [7, 11) is 0. The van der Waals surface area contributed by atoms with E-state index >= 15 is 0 Å². The molecule has 0 aromatic rings. The van der Waals surface area contributed by atoms with Crippen molar-refractivity contribution in [3.8, 4) is 6.07 Å². The fourth-order valence-corrected chi connectivity index (χ4v) is 1.27. The van der Waals surface area contributed by atoms with Crippen LogP contribution >= 0.6 is 0 Å². The molecule has 0 bridgehead atoms. The zero-order valence-corrected chi connectivity index (χ0v) is 12.0. The lowest BCUT2D eigenvalue weighted by Crippen LogP contribution is -2.47. The number of carbonyl (C=O) groups is 2. The lowest BCUT2D eigenvalue weighted by Gasteiger charge is -2.22. The number of nitrogens with zero attached hydrogens (tertiary/aromatic N) is 1. The van der Waals surface area contributed by atoms with E-state index in [0.29, 0.717) is 0 Å². The van der Waals surface area contributed by atoms with Crippen molar-refractivity contribution in [3.05, 3.63) is 0 Å². The van der Waals surface area contributed by atoms with Crippen LogP contribution in [0.1, 0.15) is 33.6 Å². The Balaban J connectivity index is 4.36. The summed E-state index contributed by atoms with van der Waals surface area (Å²) in [5.41, 5.74) is -0.755. The number of rotatable bonds is 5. The van der Waals surface area contributed by atoms with E-state index in [9.17, 15) is 22.8 Å². The smallest absolute Gasteiger partial charge is 0.408 e. The van der Waals surface area contributed by atoms with Gasteiger partial charge in [-0.15, -0.1) is 0 Å². The average molecular weight is 309 g/mol. The molecule has 6 nitrogen and oxygen atoms in total. The third-order valence-corrected chi connectivity index (χ3v) is 2.07. The van der Waals surface area contributed by atoms with Crippen LogP contribution in [0.5, 0.6) is 0 Å². The van der Waals surface area contributed by atoms with Gasteiger partial charge < -0.3 is 15.4 Å². The molecule has 0 aromatic heterocycles. The lowest BCUT2D eigenvalue weighted by molar-refractivity contribution is -0.162. The first kappa shape index (κ1) is 19.0. The van der Waals surface area contributed by atoms with Gasteiger partial charge in [-0.05, 0) is 27.2 Å². The highest BCUT2D eigenvalue weighted by molar-refractivity contribution is 5.78. The fourth-order valence-electron chi connectivity index (χ4n) is 1.27. The maximum atomic E-state index is 12.7. The summed E-state index contributed by atoms with van der Waals surface area (Å²) in [5.74, 6) is -1.02. The molecule has 0 rings (SSSR count). The van der Waals surface area contributed by atoms with E-state index in [4.69, 9.17) is 10.00 Å². The van der Waals surface area contributed by atoms with Crippen molar-refractivity contribution < 1.29 is 27.5 Å². The van der Waals surface area contributed by atoms with Crippen LogP contribution < -0.4 is 10.6 Å². The maximum Gasteiger partial charge on any atom is 0.408 e. The van der Waals surface area contributed by atoms with Crippen LogP contribution in [-0.2, 0) is 9.53 Å². The molecule has 0 heterocycles. The van der Waals surface area contributed by atoms with Gasteiger partial charge in [0.25, 0.3) is 0 Å². The number of hydrogen-bond acceptors (Lipinski definition) is 4. The number of halogens is 3. The highest BCUT2D eigenvalue weighted by atomic mass is 19.4. The van der Waals surface area contributed by atoms with Gasteiger partial charge in [0.2, 0.25) is 5.91 Å². The Labute approximate surface area is 120 Å². The second kappa shape index (κ2) is 7.71. The van der Waals surface area contributed by atoms with E-state index in [-0.39, 0.29) is 6.54 Å². The number of amides is 2. The Morgan fingerprint density at radius 1 is 1.29 bits per heavy atom. The number of hydrogen-bond donors (Lipinski definition) is 2. The summed E-state index contributed by atoms with van der Waals surface area (Å²) in [6.07, 6.45) is -6.72. The van der Waals surface area contributed by atoms with Crippen LogP contribution in [0.3, 0.4) is 0 Å². The quantitative estimate of drug-likeness (QED) is 0.811. The van der Waals surface area contributed by atoms with Crippen LogP contribution in [0, 0.1) is 11.3 Å². The average Bonchev–Trinajstić information content (AvgIpc) is 2.24. The van der Waals surface area contributed by atoms with E-state index < -0.39 is 42.7 Å². The maximum absolute atomic E-state index is 12.7. The summed E-state index contributed by atoms with van der Waals surface area (Å²) < 4.78 is 42.9. The number of ether oxygens (including phenoxy) is 1. The van der Waals surface area contributed by atoms with Gasteiger partial charge >= 0.3 is 12.3 Å². The molecule has 120 valence electrons. The Morgan fingerprint density at radius 2 is 1.86 bits per heavy atom. The van der Waals surface area contributed by atoms with Crippen molar-refractivity contribution in [2.24, 2.45) is 0 Å². The Morgan fingerprint density at radius 3 is 2.29 bits per heavy atom. The summed E-state index contributed by atoms with van der Waals surface area (Å²) in [6.45, 7) is 4.53. The highest BCUT2D eigenvalue weighted by Gasteiger charge is 2.40. The molecule has 0 aliphatic rings. The molecule has 1 atom stereocenters. The Bertz CT molecular complexity index is 411. The zero-order valence-electron chi connectivity index (χ0n) is 12.0. The second-order valence-electron chi connectivity index (χ2n) is 5.21. The minimum absolute atomic E-state index is 0.327. The monoisotopic (exact) mass is 309 g/mol. The number of alkyl halides is 3. The van der Waals surface area contributed by atoms with E-state index in [2.05, 4.69) is 5.32 Å². The predicted octanol–water partition coefficient (Wildman–Crippen LogP) is 1.86. The largest absolute Gasteiger partial charge is 0.444 e. The van der Waals surface area contributed by atoms with Crippen molar-refractivity contribution in [3.63, 3.8) is 0 Å². The molecular weight excluding hydrogens is 291 g/mol. The third kappa shape index (κ3) is 9.54. The molecule has 0 aliphatic heterocycles. The molecule has 0 radical (unpaired) electrons. The van der Waals surface area contributed by atoms with Gasteiger partial charge in [-0.25, -0.2) is 4.79 Å². The van der Waals surface area contributed by atoms with Crippen LogP contribution in [0.4, 0.5) is 18.0 Å². The fraction of sp³-hybridized carbons (Fsp3) is 0.750. The van der Waals surface area contributed by atoms with Crippen LogP contribution in [0.25, 0.3) is 0 Å². The number of carbonyl (C=O) groups excluding carboxylic acids is 2. The van der Waals surface area contributed by atoms with Gasteiger partial charge in [0.05, 0.1) is 6.07 Å². The first-order valence-corrected chi connectivity index (χ1v) is 6.15. The molecule has 0 saturated heterocycles. The lowest BCUT2D eigenvalue weighted by atomic mass is 10.2. The molecule has 0 aliphatic carbocycles. The molecule has 0 fully saturated rings. The molecule has 9 heteroatoms. The Kier molecular flexibility index (Phi) is 6.98. The van der Waals surface area contributed by atoms with Crippen LogP contribution in [-0.4, -0.2) is 36.4 Å². The molecule has 0 spiro atoms. The number of alkyl carbamates (subject to hydrolysis) is 1. The molecule has 2 N–H and O–H groups in total. The van der Waals surface area contributed by atoms with E-state index in [0.717, 1.165) is 0 Å². The Hall–Kier alpha value is -1.98. The predicted molar refractivity (Wildman–Crippen MR) is 67.1 cm³/mol. The number of nitrogens with one attached hydrogen (secondary N) is 2. The molecular formula is C12H18F3N3O3. The molecule has 0 unspecified atom stereocenters. The minimum Gasteiger partial charge on any atom is -0.444 e. The van der Waals surface area contributed by atoms with Gasteiger partial charge in [0.15, 0.2) is 0 Å². The van der Waals surface area contributed by atoms with E-state index in [1.165, 1.54) is 6.07 Å². The standard InChI is InChI=1S/C12H18F3N3O3/c1-11(2,3)21-10(20)17-7-5-8(12(13,14)15)18-9(19)4-6-16/h8H,4-5,7H2,1-3H3,(H,17,20)(H,18,19)/t8-/m1/s1. The molecule has 21 heavy (non-hydrogen) atoms. The van der Waals surface area contributed by atoms with Gasteiger partial charge in [-0.1, -0.05) is 0 Å². The number of nitriles is 1.